The molecule has 0 amide bonds. The summed E-state index contributed by atoms with van der Waals surface area (Å²) in [5, 5.41) is 7.35. The number of hydrogen-bond acceptors (Lipinski definition) is 8. The number of likely N-dealkylation sites (tertiary alicyclic amines) is 1. The van der Waals surface area contributed by atoms with Gasteiger partial charge in [0.05, 0.1) is 17.9 Å². The molecule has 2 aliphatic heterocycles. The molecule has 4 N–H and O–H groups in total. The number of aromatic nitrogens is 2. The Balaban J connectivity index is 1.47. The highest BCUT2D eigenvalue weighted by atomic mass is 16.4. The molecule has 27 heavy (non-hydrogen) atoms. The number of nitrogens with one attached hydrogen (secondary N) is 2. The van der Waals surface area contributed by atoms with Crippen LogP contribution in [0.4, 0.5) is 11.5 Å². The van der Waals surface area contributed by atoms with Crippen molar-refractivity contribution in [1.82, 2.24) is 20.2 Å². The first kappa shape index (κ1) is 18.2. The van der Waals surface area contributed by atoms with Gasteiger partial charge in [0.25, 0.3) is 0 Å². The second kappa shape index (κ2) is 7.84. The van der Waals surface area contributed by atoms with Crippen LogP contribution in [0, 0.1) is 13.8 Å². The molecule has 0 spiro atoms. The summed E-state index contributed by atoms with van der Waals surface area (Å²) in [5.74, 6) is 2.54. The molecule has 1 unspecified atom stereocenters. The van der Waals surface area contributed by atoms with Crippen LogP contribution in [-0.4, -0.2) is 53.4 Å². The van der Waals surface area contributed by atoms with Crippen molar-refractivity contribution in [2.24, 2.45) is 5.73 Å². The molecule has 2 aromatic heterocycles. The molecule has 1 fully saturated rings. The Bertz CT molecular complexity index is 769. The molecule has 146 valence electrons. The standard InChI is InChI=1S/C19H29N7O/c1-13-17(27-14(2)22-13)12-26-18-16(4-3-8-21-18)24-19(26)23-15-5-9-25(10-6-15)11-7-20/h3-4,8,15,19,23-24H,5-7,9-12,20H2,1-2H3. The number of nitrogens with zero attached hydrogens (tertiary/aromatic N) is 4. The van der Waals surface area contributed by atoms with Crippen molar-refractivity contribution in [2.75, 3.05) is 36.4 Å². The van der Waals surface area contributed by atoms with E-state index in [1.54, 1.807) is 0 Å². The van der Waals surface area contributed by atoms with Crippen molar-refractivity contribution >= 4 is 11.5 Å². The molecule has 0 saturated carbocycles. The van der Waals surface area contributed by atoms with Gasteiger partial charge in [-0.2, -0.15) is 0 Å². The smallest absolute Gasteiger partial charge is 0.191 e. The first-order chi connectivity index (χ1) is 13.1. The van der Waals surface area contributed by atoms with Crippen LogP contribution in [0.3, 0.4) is 0 Å². The van der Waals surface area contributed by atoms with Gasteiger partial charge in [-0.3, -0.25) is 5.32 Å². The highest BCUT2D eigenvalue weighted by Crippen LogP contribution is 2.33. The first-order valence-corrected chi connectivity index (χ1v) is 9.73. The fourth-order valence-electron chi connectivity index (χ4n) is 3.99. The number of piperidine rings is 1. The molecule has 4 heterocycles. The zero-order valence-corrected chi connectivity index (χ0v) is 16.1. The largest absolute Gasteiger partial charge is 0.444 e. The van der Waals surface area contributed by atoms with Gasteiger partial charge >= 0.3 is 0 Å². The third-order valence-corrected chi connectivity index (χ3v) is 5.40. The maximum atomic E-state index is 5.82. The van der Waals surface area contributed by atoms with Crippen LogP contribution in [0.5, 0.6) is 0 Å². The summed E-state index contributed by atoms with van der Waals surface area (Å²) >= 11 is 0. The number of rotatable bonds is 6. The van der Waals surface area contributed by atoms with E-state index >= 15 is 0 Å². The lowest BCUT2D eigenvalue weighted by molar-refractivity contribution is 0.196. The number of anilines is 2. The molecule has 1 saturated heterocycles. The molecule has 0 aliphatic carbocycles. The predicted molar refractivity (Wildman–Crippen MR) is 105 cm³/mol. The molecule has 0 radical (unpaired) electrons. The van der Waals surface area contributed by atoms with Gasteiger partial charge in [-0.05, 0) is 45.0 Å². The molecule has 8 nitrogen and oxygen atoms in total. The minimum Gasteiger partial charge on any atom is -0.444 e. The van der Waals surface area contributed by atoms with Crippen molar-refractivity contribution in [1.29, 1.82) is 0 Å². The minimum absolute atomic E-state index is 0.00855. The zero-order chi connectivity index (χ0) is 18.8. The fourth-order valence-corrected chi connectivity index (χ4v) is 3.99. The van der Waals surface area contributed by atoms with E-state index in [4.69, 9.17) is 10.2 Å². The lowest BCUT2D eigenvalue weighted by atomic mass is 10.1. The molecule has 0 bridgehead atoms. The van der Waals surface area contributed by atoms with Gasteiger partial charge in [-0.15, -0.1) is 0 Å². The summed E-state index contributed by atoms with van der Waals surface area (Å²) in [6, 6.07) is 4.49. The van der Waals surface area contributed by atoms with Gasteiger partial charge in [-0.1, -0.05) is 0 Å². The van der Waals surface area contributed by atoms with E-state index in [2.05, 4.69) is 36.5 Å². The van der Waals surface area contributed by atoms with Crippen molar-refractivity contribution in [3.8, 4) is 0 Å². The number of fused-ring (bicyclic) bond motifs is 1. The highest BCUT2D eigenvalue weighted by molar-refractivity contribution is 5.71. The summed E-state index contributed by atoms with van der Waals surface area (Å²) in [4.78, 5) is 13.7. The second-order valence-electron chi connectivity index (χ2n) is 7.36. The van der Waals surface area contributed by atoms with Gasteiger partial charge in [0.15, 0.2) is 18.0 Å². The molecular formula is C19H29N7O. The summed E-state index contributed by atoms with van der Waals surface area (Å²) in [7, 11) is 0. The average Bonchev–Trinajstić information content (AvgIpc) is 3.16. The Kier molecular flexibility index (Phi) is 5.29. The van der Waals surface area contributed by atoms with E-state index in [1.165, 1.54) is 0 Å². The topological polar surface area (TPSA) is 95.5 Å². The van der Waals surface area contributed by atoms with E-state index in [0.29, 0.717) is 18.5 Å². The van der Waals surface area contributed by atoms with Crippen molar-refractivity contribution < 1.29 is 4.42 Å². The van der Waals surface area contributed by atoms with Gasteiger partial charge in [0.1, 0.15) is 5.76 Å². The normalized spacial score (nSPS) is 20.7. The lowest BCUT2D eigenvalue weighted by Gasteiger charge is -2.35. The maximum absolute atomic E-state index is 5.82. The number of hydrogen-bond donors (Lipinski definition) is 3. The first-order valence-electron chi connectivity index (χ1n) is 9.73. The quantitative estimate of drug-likeness (QED) is 0.702. The Labute approximate surface area is 160 Å². The van der Waals surface area contributed by atoms with E-state index in [1.807, 2.05) is 26.1 Å². The number of pyridine rings is 1. The number of oxazole rings is 1. The monoisotopic (exact) mass is 371 g/mol. The van der Waals surface area contributed by atoms with Crippen molar-refractivity contribution in [3.05, 3.63) is 35.7 Å². The van der Waals surface area contributed by atoms with Gasteiger partial charge in [-0.25, -0.2) is 9.97 Å². The predicted octanol–water partition coefficient (Wildman–Crippen LogP) is 1.41. The fraction of sp³-hybridized carbons (Fsp3) is 0.579. The Morgan fingerprint density at radius 1 is 1.33 bits per heavy atom. The molecular weight excluding hydrogens is 342 g/mol. The Hall–Kier alpha value is -2.16. The third-order valence-electron chi connectivity index (χ3n) is 5.40. The number of nitrogens with two attached hydrogens (primary N) is 1. The van der Waals surface area contributed by atoms with Crippen LogP contribution in [0.25, 0.3) is 0 Å². The third kappa shape index (κ3) is 3.92. The van der Waals surface area contributed by atoms with Gasteiger partial charge in [0, 0.05) is 32.3 Å². The summed E-state index contributed by atoms with van der Waals surface area (Å²) in [6.07, 6.45) is 4.07. The van der Waals surface area contributed by atoms with Crippen LogP contribution in [0.15, 0.2) is 22.7 Å². The maximum Gasteiger partial charge on any atom is 0.191 e. The lowest BCUT2D eigenvalue weighted by Crippen LogP contribution is -2.54. The van der Waals surface area contributed by atoms with Crippen LogP contribution in [0.2, 0.25) is 0 Å². The SMILES string of the molecule is Cc1nc(C)c(CN2c3ncccc3NC2NC2CCN(CCN)CC2)o1. The highest BCUT2D eigenvalue weighted by Gasteiger charge is 2.33. The van der Waals surface area contributed by atoms with E-state index in [0.717, 1.165) is 62.0 Å². The summed E-state index contributed by atoms with van der Waals surface area (Å²) in [6.45, 7) is 8.40. The molecule has 4 rings (SSSR count). The van der Waals surface area contributed by atoms with Crippen LogP contribution >= 0.6 is 0 Å². The summed E-state index contributed by atoms with van der Waals surface area (Å²) in [5.41, 5.74) is 7.67. The van der Waals surface area contributed by atoms with Crippen LogP contribution in [-0.2, 0) is 6.54 Å². The second-order valence-corrected chi connectivity index (χ2v) is 7.36. The van der Waals surface area contributed by atoms with E-state index in [-0.39, 0.29) is 6.29 Å². The van der Waals surface area contributed by atoms with Crippen molar-refractivity contribution in [3.63, 3.8) is 0 Å². The minimum atomic E-state index is -0.00855. The average molecular weight is 371 g/mol. The molecule has 2 aromatic rings. The van der Waals surface area contributed by atoms with Gasteiger partial charge < -0.3 is 25.3 Å². The van der Waals surface area contributed by atoms with E-state index < -0.39 is 0 Å². The summed E-state index contributed by atoms with van der Waals surface area (Å²) < 4.78 is 5.82. The zero-order valence-electron chi connectivity index (χ0n) is 16.1. The molecule has 0 aromatic carbocycles. The van der Waals surface area contributed by atoms with Crippen molar-refractivity contribution in [2.45, 2.75) is 45.6 Å². The van der Waals surface area contributed by atoms with Crippen LogP contribution in [0.1, 0.15) is 30.2 Å². The molecule has 8 heteroatoms. The van der Waals surface area contributed by atoms with Crippen LogP contribution < -0.4 is 21.3 Å². The Morgan fingerprint density at radius 3 is 2.85 bits per heavy atom. The molecule has 2 aliphatic rings. The number of aryl methyl sites for hydroxylation is 2. The van der Waals surface area contributed by atoms with E-state index in [9.17, 15) is 0 Å². The Morgan fingerprint density at radius 2 is 2.15 bits per heavy atom. The molecule has 1 atom stereocenters. The van der Waals surface area contributed by atoms with Gasteiger partial charge in [0.2, 0.25) is 0 Å².